The number of unbranched alkanes of at least 4 members (excludes halogenated alkanes) is 5. The van der Waals surface area contributed by atoms with E-state index in [1.54, 1.807) is 6.92 Å². The van der Waals surface area contributed by atoms with E-state index in [-0.39, 0.29) is 18.5 Å². The van der Waals surface area contributed by atoms with Crippen molar-refractivity contribution in [2.45, 2.75) is 58.0 Å². The first-order chi connectivity index (χ1) is 8.45. The second-order valence-electron chi connectivity index (χ2n) is 4.57. The average Bonchev–Trinajstić information content (AvgIpc) is 2.29. The molecule has 0 spiro atoms. The van der Waals surface area contributed by atoms with Gasteiger partial charge in [0.15, 0.2) is 0 Å². The van der Waals surface area contributed by atoms with E-state index in [1.807, 2.05) is 0 Å². The fourth-order valence-corrected chi connectivity index (χ4v) is 2.22. The first kappa shape index (κ1) is 17.8. The molecule has 0 aliphatic carbocycles. The van der Waals surface area contributed by atoms with E-state index < -0.39 is 10.1 Å². The second-order valence-corrected chi connectivity index (χ2v) is 6.14. The minimum Gasteiger partial charge on any atom is -0.378 e. The number of halogens is 1. The number of hydrogen-bond acceptors (Lipinski definition) is 3. The van der Waals surface area contributed by atoms with E-state index in [1.165, 1.54) is 0 Å². The predicted molar refractivity (Wildman–Crippen MR) is 70.1 cm³/mol. The van der Waals surface area contributed by atoms with Gasteiger partial charge in [-0.05, 0) is 26.2 Å². The summed E-state index contributed by atoms with van der Waals surface area (Å²) < 4.78 is 46.8. The molecule has 0 saturated carbocycles. The summed E-state index contributed by atoms with van der Waals surface area (Å²) in [6.07, 6.45) is 5.90. The van der Waals surface area contributed by atoms with Crippen molar-refractivity contribution in [2.75, 3.05) is 19.0 Å². The third-order valence-electron chi connectivity index (χ3n) is 2.71. The molecular weight excluding hydrogens is 259 g/mol. The third kappa shape index (κ3) is 13.9. The standard InChI is InChI=1S/C12H25FO4S/c1-12(8-11-18(14,15)16)17-10-7-5-3-2-4-6-9-13/h12H,2-11H2,1H3,(H,14,15,16). The lowest BCUT2D eigenvalue weighted by molar-refractivity contribution is 0.0610. The monoisotopic (exact) mass is 284 g/mol. The van der Waals surface area contributed by atoms with Crippen LogP contribution < -0.4 is 0 Å². The molecule has 1 atom stereocenters. The Morgan fingerprint density at radius 1 is 1.11 bits per heavy atom. The summed E-state index contributed by atoms with van der Waals surface area (Å²) in [6, 6.07) is 0. The van der Waals surface area contributed by atoms with E-state index in [9.17, 15) is 12.8 Å². The highest BCUT2D eigenvalue weighted by Gasteiger charge is 2.09. The highest BCUT2D eigenvalue weighted by atomic mass is 32.2. The molecule has 18 heavy (non-hydrogen) atoms. The summed E-state index contributed by atoms with van der Waals surface area (Å²) in [4.78, 5) is 0. The molecule has 6 heteroatoms. The molecule has 1 N–H and O–H groups in total. The van der Waals surface area contributed by atoms with Crippen molar-refractivity contribution in [3.05, 3.63) is 0 Å². The quantitative estimate of drug-likeness (QED) is 0.442. The molecule has 0 rings (SSSR count). The van der Waals surface area contributed by atoms with Crippen molar-refractivity contribution in [2.24, 2.45) is 0 Å². The van der Waals surface area contributed by atoms with Crippen LogP contribution in [-0.2, 0) is 14.9 Å². The first-order valence-electron chi connectivity index (χ1n) is 6.58. The Kier molecular flexibility index (Phi) is 10.6. The molecule has 0 aromatic carbocycles. The SMILES string of the molecule is CC(CCS(=O)(=O)O)OCCCCCCCCF. The predicted octanol–water partition coefficient (Wildman–Crippen LogP) is 2.98. The van der Waals surface area contributed by atoms with Crippen LogP contribution >= 0.6 is 0 Å². The fraction of sp³-hybridized carbons (Fsp3) is 1.00. The number of ether oxygens (including phenoxy) is 1. The number of rotatable bonds is 12. The summed E-state index contributed by atoms with van der Waals surface area (Å²) in [7, 11) is -3.88. The van der Waals surface area contributed by atoms with Gasteiger partial charge in [-0.3, -0.25) is 8.94 Å². The molecular formula is C12H25FO4S. The molecule has 0 fully saturated rings. The first-order valence-corrected chi connectivity index (χ1v) is 8.19. The van der Waals surface area contributed by atoms with Crippen LogP contribution in [0.15, 0.2) is 0 Å². The molecule has 1 unspecified atom stereocenters. The fourth-order valence-electron chi connectivity index (χ4n) is 1.59. The zero-order valence-corrected chi connectivity index (χ0v) is 11.9. The van der Waals surface area contributed by atoms with Crippen LogP contribution in [0, 0.1) is 0 Å². The van der Waals surface area contributed by atoms with Gasteiger partial charge >= 0.3 is 0 Å². The van der Waals surface area contributed by atoms with E-state index in [2.05, 4.69) is 0 Å². The zero-order chi connectivity index (χ0) is 13.9. The molecule has 0 aromatic heterocycles. The molecule has 0 aliphatic heterocycles. The van der Waals surface area contributed by atoms with Crippen LogP contribution in [0.4, 0.5) is 4.39 Å². The smallest absolute Gasteiger partial charge is 0.264 e. The van der Waals surface area contributed by atoms with Crippen molar-refractivity contribution < 1.29 is 22.1 Å². The third-order valence-corrected chi connectivity index (χ3v) is 3.46. The van der Waals surface area contributed by atoms with Crippen molar-refractivity contribution in [1.29, 1.82) is 0 Å². The molecule has 0 amide bonds. The Bertz CT molecular complexity index is 280. The molecule has 0 aliphatic rings. The Hall–Kier alpha value is -0.200. The second kappa shape index (κ2) is 10.7. The maximum atomic E-state index is 11.8. The van der Waals surface area contributed by atoms with E-state index in [0.717, 1.165) is 32.1 Å². The lowest BCUT2D eigenvalue weighted by atomic mass is 10.1. The molecule has 4 nitrogen and oxygen atoms in total. The van der Waals surface area contributed by atoms with Gasteiger partial charge in [0.05, 0.1) is 18.5 Å². The summed E-state index contributed by atoms with van der Waals surface area (Å²) in [5, 5.41) is 0. The van der Waals surface area contributed by atoms with Crippen LogP contribution in [0.25, 0.3) is 0 Å². The molecule has 0 heterocycles. The van der Waals surface area contributed by atoms with Gasteiger partial charge < -0.3 is 4.74 Å². The average molecular weight is 284 g/mol. The highest BCUT2D eigenvalue weighted by molar-refractivity contribution is 7.85. The topological polar surface area (TPSA) is 63.6 Å². The van der Waals surface area contributed by atoms with Crippen LogP contribution in [0.2, 0.25) is 0 Å². The molecule has 0 aromatic rings. The summed E-state index contributed by atoms with van der Waals surface area (Å²) in [5.41, 5.74) is 0. The maximum absolute atomic E-state index is 11.8. The summed E-state index contributed by atoms with van der Waals surface area (Å²) in [6.45, 7) is 2.18. The number of alkyl halides is 1. The van der Waals surface area contributed by atoms with Crippen LogP contribution in [0.1, 0.15) is 51.9 Å². The van der Waals surface area contributed by atoms with Crippen molar-refractivity contribution in [3.63, 3.8) is 0 Å². The van der Waals surface area contributed by atoms with Crippen LogP contribution in [0.5, 0.6) is 0 Å². The largest absolute Gasteiger partial charge is 0.378 e. The lowest BCUT2D eigenvalue weighted by Crippen LogP contribution is -2.15. The summed E-state index contributed by atoms with van der Waals surface area (Å²) in [5.74, 6) is -0.253. The Labute approximate surface area is 110 Å². The van der Waals surface area contributed by atoms with Gasteiger partial charge in [0.2, 0.25) is 0 Å². The molecule has 110 valence electrons. The number of hydrogen-bond donors (Lipinski definition) is 1. The molecule has 0 saturated heterocycles. The molecule has 0 radical (unpaired) electrons. The van der Waals surface area contributed by atoms with Crippen molar-refractivity contribution in [3.8, 4) is 0 Å². The van der Waals surface area contributed by atoms with Gasteiger partial charge in [-0.25, -0.2) is 0 Å². The van der Waals surface area contributed by atoms with Gasteiger partial charge in [0, 0.05) is 6.61 Å². The van der Waals surface area contributed by atoms with Gasteiger partial charge in [-0.15, -0.1) is 0 Å². The minimum absolute atomic E-state index is 0.154. The van der Waals surface area contributed by atoms with Crippen molar-refractivity contribution in [1.82, 2.24) is 0 Å². The van der Waals surface area contributed by atoms with E-state index in [4.69, 9.17) is 9.29 Å². The van der Waals surface area contributed by atoms with Crippen molar-refractivity contribution >= 4 is 10.1 Å². The Morgan fingerprint density at radius 3 is 2.22 bits per heavy atom. The maximum Gasteiger partial charge on any atom is 0.264 e. The van der Waals surface area contributed by atoms with E-state index >= 15 is 0 Å². The zero-order valence-electron chi connectivity index (χ0n) is 11.1. The minimum atomic E-state index is -3.88. The lowest BCUT2D eigenvalue weighted by Gasteiger charge is -2.11. The van der Waals surface area contributed by atoms with Crippen LogP contribution in [0.3, 0.4) is 0 Å². The van der Waals surface area contributed by atoms with Gasteiger partial charge in [-0.2, -0.15) is 8.42 Å². The molecule has 0 bridgehead atoms. The van der Waals surface area contributed by atoms with Crippen LogP contribution in [-0.4, -0.2) is 38.1 Å². The Morgan fingerprint density at radius 2 is 1.67 bits per heavy atom. The van der Waals surface area contributed by atoms with Gasteiger partial charge in [0.25, 0.3) is 10.1 Å². The Balaban J connectivity index is 3.28. The van der Waals surface area contributed by atoms with Gasteiger partial charge in [-0.1, -0.05) is 25.7 Å². The van der Waals surface area contributed by atoms with Gasteiger partial charge in [0.1, 0.15) is 0 Å². The highest BCUT2D eigenvalue weighted by Crippen LogP contribution is 2.07. The normalized spacial score (nSPS) is 13.7. The van der Waals surface area contributed by atoms with E-state index in [0.29, 0.717) is 19.4 Å². The summed E-state index contributed by atoms with van der Waals surface area (Å²) >= 11 is 0.